The number of aryl methyl sites for hydroxylation is 1. The number of fused-ring (bicyclic) bond motifs is 1. The lowest BCUT2D eigenvalue weighted by Crippen LogP contribution is -2.27. The van der Waals surface area contributed by atoms with E-state index in [-0.39, 0.29) is 24.0 Å². The van der Waals surface area contributed by atoms with Crippen LogP contribution in [0.25, 0.3) is 0 Å². The largest absolute Gasteiger partial charge is 0.330 e. The SMILES string of the molecule is CC(CN)C(=O)Nc1cc2c(cc1F)CCC(=O)N2. The van der Waals surface area contributed by atoms with Crippen LogP contribution in [0.15, 0.2) is 12.1 Å². The Morgan fingerprint density at radius 1 is 1.53 bits per heavy atom. The summed E-state index contributed by atoms with van der Waals surface area (Å²) in [5, 5.41) is 5.14. The van der Waals surface area contributed by atoms with Crippen molar-refractivity contribution in [2.24, 2.45) is 11.7 Å². The van der Waals surface area contributed by atoms with Gasteiger partial charge in [-0.2, -0.15) is 0 Å². The average molecular weight is 265 g/mol. The zero-order chi connectivity index (χ0) is 14.0. The van der Waals surface area contributed by atoms with E-state index in [0.29, 0.717) is 18.5 Å². The normalized spacial score (nSPS) is 15.4. The van der Waals surface area contributed by atoms with Gasteiger partial charge in [0.1, 0.15) is 5.82 Å². The third-order valence-corrected chi connectivity index (χ3v) is 3.15. The Morgan fingerprint density at radius 2 is 2.26 bits per heavy atom. The van der Waals surface area contributed by atoms with Crippen LogP contribution in [0.1, 0.15) is 18.9 Å². The summed E-state index contributed by atoms with van der Waals surface area (Å²) in [5.41, 5.74) is 6.73. The molecule has 0 radical (unpaired) electrons. The first-order valence-corrected chi connectivity index (χ1v) is 6.14. The van der Waals surface area contributed by atoms with E-state index in [4.69, 9.17) is 5.73 Å². The van der Waals surface area contributed by atoms with Gasteiger partial charge >= 0.3 is 0 Å². The van der Waals surface area contributed by atoms with Crippen molar-refractivity contribution in [3.8, 4) is 0 Å². The molecule has 0 saturated carbocycles. The van der Waals surface area contributed by atoms with Crippen LogP contribution < -0.4 is 16.4 Å². The lowest BCUT2D eigenvalue weighted by Gasteiger charge is -2.19. The minimum absolute atomic E-state index is 0.0613. The molecule has 0 saturated heterocycles. The van der Waals surface area contributed by atoms with Gasteiger partial charge in [-0.25, -0.2) is 4.39 Å². The predicted molar refractivity (Wildman–Crippen MR) is 70.2 cm³/mol. The second-order valence-electron chi connectivity index (χ2n) is 4.66. The average Bonchev–Trinajstić information content (AvgIpc) is 2.39. The molecule has 19 heavy (non-hydrogen) atoms. The first-order valence-electron chi connectivity index (χ1n) is 6.14. The van der Waals surface area contributed by atoms with Crippen molar-refractivity contribution < 1.29 is 14.0 Å². The maximum absolute atomic E-state index is 13.8. The molecule has 2 amide bonds. The summed E-state index contributed by atoms with van der Waals surface area (Å²) in [7, 11) is 0. The minimum atomic E-state index is -0.507. The van der Waals surface area contributed by atoms with E-state index < -0.39 is 11.7 Å². The quantitative estimate of drug-likeness (QED) is 0.768. The third kappa shape index (κ3) is 2.90. The zero-order valence-corrected chi connectivity index (χ0v) is 10.6. The highest BCUT2D eigenvalue weighted by molar-refractivity contribution is 5.97. The summed E-state index contributed by atoms with van der Waals surface area (Å²) >= 11 is 0. The van der Waals surface area contributed by atoms with E-state index in [2.05, 4.69) is 10.6 Å². The Morgan fingerprint density at radius 3 is 2.95 bits per heavy atom. The first kappa shape index (κ1) is 13.5. The van der Waals surface area contributed by atoms with Gasteiger partial charge in [-0.1, -0.05) is 6.92 Å². The molecule has 0 aliphatic carbocycles. The molecule has 1 aromatic carbocycles. The van der Waals surface area contributed by atoms with Crippen LogP contribution >= 0.6 is 0 Å². The van der Waals surface area contributed by atoms with E-state index in [9.17, 15) is 14.0 Å². The van der Waals surface area contributed by atoms with Gasteiger partial charge in [0.2, 0.25) is 11.8 Å². The molecule has 0 aromatic heterocycles. The number of amides is 2. The van der Waals surface area contributed by atoms with Gasteiger partial charge in [0.25, 0.3) is 0 Å². The van der Waals surface area contributed by atoms with Crippen molar-refractivity contribution >= 4 is 23.2 Å². The Bertz CT molecular complexity index is 531. The molecular formula is C13H16FN3O2. The highest BCUT2D eigenvalue weighted by Crippen LogP contribution is 2.28. The number of halogens is 1. The van der Waals surface area contributed by atoms with Gasteiger partial charge in [0, 0.05) is 24.6 Å². The zero-order valence-electron chi connectivity index (χ0n) is 10.6. The van der Waals surface area contributed by atoms with Crippen LogP contribution in [0.5, 0.6) is 0 Å². The van der Waals surface area contributed by atoms with Crippen LogP contribution in [0.2, 0.25) is 0 Å². The number of benzene rings is 1. The summed E-state index contributed by atoms with van der Waals surface area (Å²) in [5.74, 6) is -1.35. The van der Waals surface area contributed by atoms with Crippen LogP contribution in [0.3, 0.4) is 0 Å². The Hall–Kier alpha value is -1.95. The van der Waals surface area contributed by atoms with Crippen molar-refractivity contribution in [2.45, 2.75) is 19.8 Å². The van der Waals surface area contributed by atoms with E-state index in [1.54, 1.807) is 6.92 Å². The van der Waals surface area contributed by atoms with Gasteiger partial charge in [-0.15, -0.1) is 0 Å². The molecule has 0 bridgehead atoms. The highest BCUT2D eigenvalue weighted by Gasteiger charge is 2.19. The fourth-order valence-electron chi connectivity index (χ4n) is 1.86. The number of nitrogens with two attached hydrogens (primary N) is 1. The molecule has 1 aliphatic rings. The topological polar surface area (TPSA) is 84.2 Å². The van der Waals surface area contributed by atoms with Crippen molar-refractivity contribution in [3.63, 3.8) is 0 Å². The molecule has 1 heterocycles. The van der Waals surface area contributed by atoms with Crippen LogP contribution in [0, 0.1) is 11.7 Å². The van der Waals surface area contributed by atoms with Crippen LogP contribution in [0.4, 0.5) is 15.8 Å². The molecule has 0 fully saturated rings. The maximum Gasteiger partial charge on any atom is 0.228 e. The second-order valence-corrected chi connectivity index (χ2v) is 4.66. The van der Waals surface area contributed by atoms with Gasteiger partial charge in [0.15, 0.2) is 0 Å². The molecule has 102 valence electrons. The van der Waals surface area contributed by atoms with Crippen molar-refractivity contribution in [1.82, 2.24) is 0 Å². The number of nitrogens with one attached hydrogen (secondary N) is 2. The van der Waals surface area contributed by atoms with Crippen molar-refractivity contribution in [2.75, 3.05) is 17.2 Å². The standard InChI is InChI=1S/C13H16FN3O2/c1-7(6-15)13(19)17-11-5-10-8(4-9(11)14)2-3-12(18)16-10/h4-5,7H,2-3,6,15H2,1H3,(H,16,18)(H,17,19). The maximum atomic E-state index is 13.8. The van der Waals surface area contributed by atoms with Gasteiger partial charge in [-0.3, -0.25) is 9.59 Å². The number of anilines is 2. The van der Waals surface area contributed by atoms with Gasteiger partial charge < -0.3 is 16.4 Å². The fourth-order valence-corrected chi connectivity index (χ4v) is 1.86. The highest BCUT2D eigenvalue weighted by atomic mass is 19.1. The molecule has 1 atom stereocenters. The van der Waals surface area contributed by atoms with Gasteiger partial charge in [0.05, 0.1) is 5.69 Å². The number of rotatable bonds is 3. The summed E-state index contributed by atoms with van der Waals surface area (Å²) in [4.78, 5) is 23.0. The molecule has 4 N–H and O–H groups in total. The predicted octanol–water partition coefficient (Wildman–Crippen LogP) is 1.24. The minimum Gasteiger partial charge on any atom is -0.330 e. The summed E-state index contributed by atoms with van der Waals surface area (Å²) in [6.45, 7) is 1.85. The van der Waals surface area contributed by atoms with Crippen molar-refractivity contribution in [1.29, 1.82) is 0 Å². The van der Waals surface area contributed by atoms with Crippen LogP contribution in [-0.2, 0) is 16.0 Å². The lowest BCUT2D eigenvalue weighted by atomic mass is 10.0. The molecule has 1 unspecified atom stereocenters. The summed E-state index contributed by atoms with van der Waals surface area (Å²) < 4.78 is 13.8. The molecule has 1 aliphatic heterocycles. The first-order chi connectivity index (χ1) is 9.01. The van der Waals surface area contributed by atoms with Gasteiger partial charge in [-0.05, 0) is 24.1 Å². The van der Waals surface area contributed by atoms with E-state index in [0.717, 1.165) is 5.56 Å². The summed E-state index contributed by atoms with van der Waals surface area (Å²) in [6, 6.07) is 2.79. The van der Waals surface area contributed by atoms with E-state index in [1.807, 2.05) is 0 Å². The van der Waals surface area contributed by atoms with E-state index in [1.165, 1.54) is 12.1 Å². The van der Waals surface area contributed by atoms with Crippen LogP contribution in [-0.4, -0.2) is 18.4 Å². The molecular weight excluding hydrogens is 249 g/mol. The fraction of sp³-hybridized carbons (Fsp3) is 0.385. The number of carbonyl (C=O) groups excluding carboxylic acids is 2. The lowest BCUT2D eigenvalue weighted by molar-refractivity contribution is -0.119. The Balaban J connectivity index is 2.24. The summed E-state index contributed by atoms with van der Waals surface area (Å²) in [6.07, 6.45) is 0.855. The molecule has 6 heteroatoms. The number of hydrogen-bond acceptors (Lipinski definition) is 3. The molecule has 0 spiro atoms. The number of carbonyl (C=O) groups is 2. The Labute approximate surface area is 110 Å². The Kier molecular flexibility index (Phi) is 3.80. The molecule has 2 rings (SSSR count). The molecule has 1 aromatic rings. The van der Waals surface area contributed by atoms with E-state index >= 15 is 0 Å². The monoisotopic (exact) mass is 265 g/mol. The number of hydrogen-bond donors (Lipinski definition) is 3. The van der Waals surface area contributed by atoms with Crippen molar-refractivity contribution in [3.05, 3.63) is 23.5 Å². The molecule has 5 nitrogen and oxygen atoms in total. The second kappa shape index (κ2) is 5.36. The third-order valence-electron chi connectivity index (χ3n) is 3.15. The smallest absolute Gasteiger partial charge is 0.228 e.